The molecule has 0 saturated heterocycles. The van der Waals surface area contributed by atoms with Crippen molar-refractivity contribution in [2.24, 2.45) is 0 Å². The third-order valence-corrected chi connectivity index (χ3v) is 4.63. The standard InChI is InChI=1S/C20H20F5N3O3S/c1-3-4-16-13(5-7-17(27-16)20(23,24)25)6-8-18(29)26-11-12-9-14(21)19(15(22)10-12)28-32(2,30)31/h5-10,28H,3-4,11H2,1-2H3,(H,26,29)/b8-6-. The number of amides is 1. The number of alkyl halides is 3. The maximum absolute atomic E-state index is 14.0. The molecule has 0 saturated carbocycles. The molecular weight excluding hydrogens is 457 g/mol. The van der Waals surface area contributed by atoms with Crippen LogP contribution in [0.3, 0.4) is 0 Å². The molecule has 32 heavy (non-hydrogen) atoms. The molecular formula is C20H20F5N3O3S. The summed E-state index contributed by atoms with van der Waals surface area (Å²) in [6.45, 7) is 1.50. The van der Waals surface area contributed by atoms with Crippen molar-refractivity contribution in [2.75, 3.05) is 11.0 Å². The summed E-state index contributed by atoms with van der Waals surface area (Å²) < 4.78 is 90.6. The van der Waals surface area contributed by atoms with Crippen LogP contribution in [0, 0.1) is 11.6 Å². The maximum Gasteiger partial charge on any atom is 0.433 e. The van der Waals surface area contributed by atoms with Crippen LogP contribution in [0.25, 0.3) is 6.08 Å². The number of hydrogen-bond donors (Lipinski definition) is 2. The van der Waals surface area contributed by atoms with Crippen LogP contribution in [0.2, 0.25) is 0 Å². The second kappa shape index (κ2) is 10.1. The largest absolute Gasteiger partial charge is 0.433 e. The van der Waals surface area contributed by atoms with Gasteiger partial charge in [-0.05, 0) is 41.8 Å². The van der Waals surface area contributed by atoms with Crippen molar-refractivity contribution in [1.82, 2.24) is 10.3 Å². The van der Waals surface area contributed by atoms with Crippen LogP contribution < -0.4 is 10.0 Å². The molecule has 1 heterocycles. The molecule has 0 aliphatic rings. The molecule has 0 radical (unpaired) electrons. The number of nitrogens with one attached hydrogen (secondary N) is 2. The number of aryl methyl sites for hydroxylation is 1. The normalized spacial score (nSPS) is 12.2. The Morgan fingerprint density at radius 1 is 1.16 bits per heavy atom. The van der Waals surface area contributed by atoms with Crippen LogP contribution in [0.4, 0.5) is 27.6 Å². The van der Waals surface area contributed by atoms with Gasteiger partial charge >= 0.3 is 6.18 Å². The highest BCUT2D eigenvalue weighted by Gasteiger charge is 2.32. The zero-order valence-corrected chi connectivity index (χ0v) is 17.9. The summed E-state index contributed by atoms with van der Waals surface area (Å²) in [6.07, 6.45) is -0.659. The van der Waals surface area contributed by atoms with Gasteiger partial charge in [0.1, 0.15) is 11.4 Å². The van der Waals surface area contributed by atoms with Crippen molar-refractivity contribution in [3.63, 3.8) is 0 Å². The molecule has 1 aromatic heterocycles. The lowest BCUT2D eigenvalue weighted by atomic mass is 10.1. The first kappa shape index (κ1) is 25.2. The minimum absolute atomic E-state index is 0.0312. The lowest BCUT2D eigenvalue weighted by Crippen LogP contribution is -2.21. The second-order valence-electron chi connectivity index (χ2n) is 6.84. The van der Waals surface area contributed by atoms with Crippen LogP contribution in [0.15, 0.2) is 30.3 Å². The summed E-state index contributed by atoms with van der Waals surface area (Å²) >= 11 is 0. The minimum atomic E-state index is -4.58. The van der Waals surface area contributed by atoms with Crippen LogP contribution in [0.1, 0.15) is 35.9 Å². The van der Waals surface area contributed by atoms with E-state index in [1.165, 1.54) is 12.1 Å². The van der Waals surface area contributed by atoms with Gasteiger partial charge < -0.3 is 5.32 Å². The SMILES string of the molecule is CCCc1nc(C(F)(F)F)ccc1/C=C\C(=O)NCc1cc(F)c(NS(C)(=O)=O)c(F)c1. The Morgan fingerprint density at radius 2 is 1.78 bits per heavy atom. The Kier molecular flexibility index (Phi) is 7.94. The Balaban J connectivity index is 2.10. The smallest absolute Gasteiger partial charge is 0.348 e. The lowest BCUT2D eigenvalue weighted by molar-refractivity contribution is -0.141. The van der Waals surface area contributed by atoms with Crippen molar-refractivity contribution in [1.29, 1.82) is 0 Å². The van der Waals surface area contributed by atoms with Crippen LogP contribution in [-0.2, 0) is 34.0 Å². The Hall–Kier alpha value is -3.02. The van der Waals surface area contributed by atoms with Crippen LogP contribution in [0.5, 0.6) is 0 Å². The van der Waals surface area contributed by atoms with Gasteiger partial charge in [0, 0.05) is 18.3 Å². The van der Waals surface area contributed by atoms with E-state index in [1.54, 1.807) is 11.6 Å². The first-order valence-electron chi connectivity index (χ1n) is 9.29. The summed E-state index contributed by atoms with van der Waals surface area (Å²) in [5, 5.41) is 2.38. The molecule has 6 nitrogen and oxygen atoms in total. The van der Waals surface area contributed by atoms with Crippen LogP contribution in [-0.4, -0.2) is 25.6 Å². The van der Waals surface area contributed by atoms with E-state index in [9.17, 15) is 35.2 Å². The Bertz CT molecular complexity index is 1110. The summed E-state index contributed by atoms with van der Waals surface area (Å²) in [7, 11) is -3.89. The molecule has 0 bridgehead atoms. The Morgan fingerprint density at radius 3 is 2.31 bits per heavy atom. The number of benzene rings is 1. The fourth-order valence-corrected chi connectivity index (χ4v) is 3.25. The predicted molar refractivity (Wildman–Crippen MR) is 109 cm³/mol. The third kappa shape index (κ3) is 7.29. The minimum Gasteiger partial charge on any atom is -0.348 e. The van der Waals surface area contributed by atoms with Gasteiger partial charge in [0.25, 0.3) is 0 Å². The predicted octanol–water partition coefficient (Wildman–Crippen LogP) is 4.03. The fourth-order valence-electron chi connectivity index (χ4n) is 2.68. The number of nitrogens with zero attached hydrogens (tertiary/aromatic N) is 1. The highest BCUT2D eigenvalue weighted by Crippen LogP contribution is 2.29. The third-order valence-electron chi connectivity index (χ3n) is 4.06. The van der Waals surface area contributed by atoms with E-state index >= 15 is 0 Å². The van der Waals surface area contributed by atoms with E-state index in [2.05, 4.69) is 10.3 Å². The molecule has 174 valence electrons. The highest BCUT2D eigenvalue weighted by molar-refractivity contribution is 7.92. The number of carbonyl (C=O) groups excluding carboxylic acids is 1. The quantitative estimate of drug-likeness (QED) is 0.444. The van der Waals surface area contributed by atoms with Gasteiger partial charge in [-0.2, -0.15) is 13.2 Å². The van der Waals surface area contributed by atoms with Gasteiger partial charge in [0.05, 0.1) is 6.26 Å². The lowest BCUT2D eigenvalue weighted by Gasteiger charge is -2.10. The first-order valence-corrected chi connectivity index (χ1v) is 11.2. The van der Waals surface area contributed by atoms with E-state index < -0.39 is 45.1 Å². The summed E-state index contributed by atoms with van der Waals surface area (Å²) in [4.78, 5) is 15.7. The zero-order chi connectivity index (χ0) is 24.1. The monoisotopic (exact) mass is 477 g/mol. The van der Waals surface area contributed by atoms with Gasteiger partial charge in [0.2, 0.25) is 15.9 Å². The molecule has 2 aromatic rings. The molecule has 0 aliphatic carbocycles. The van der Waals surface area contributed by atoms with Gasteiger partial charge in [-0.25, -0.2) is 22.2 Å². The van der Waals surface area contributed by atoms with Crippen molar-refractivity contribution in [2.45, 2.75) is 32.5 Å². The van der Waals surface area contributed by atoms with E-state index in [1.807, 2.05) is 0 Å². The first-order chi connectivity index (χ1) is 14.8. The molecule has 12 heteroatoms. The van der Waals surface area contributed by atoms with Gasteiger partial charge in [-0.3, -0.25) is 9.52 Å². The number of carbonyl (C=O) groups is 1. The molecule has 1 amide bonds. The molecule has 2 N–H and O–H groups in total. The number of hydrogen-bond acceptors (Lipinski definition) is 4. The highest BCUT2D eigenvalue weighted by atomic mass is 32.2. The van der Waals surface area contributed by atoms with Gasteiger partial charge in [-0.15, -0.1) is 0 Å². The number of sulfonamides is 1. The van der Waals surface area contributed by atoms with Crippen molar-refractivity contribution < 1.29 is 35.2 Å². The average Bonchev–Trinajstić information content (AvgIpc) is 2.67. The number of rotatable bonds is 8. The van der Waals surface area contributed by atoms with Crippen molar-refractivity contribution in [3.8, 4) is 0 Å². The van der Waals surface area contributed by atoms with E-state index in [0.717, 1.165) is 30.5 Å². The van der Waals surface area contributed by atoms with Gasteiger partial charge in [0.15, 0.2) is 11.6 Å². The second-order valence-corrected chi connectivity index (χ2v) is 8.59. The van der Waals surface area contributed by atoms with Crippen LogP contribution >= 0.6 is 0 Å². The number of anilines is 1. The molecule has 0 unspecified atom stereocenters. The van der Waals surface area contributed by atoms with E-state index in [0.29, 0.717) is 12.0 Å². The summed E-state index contributed by atoms with van der Waals surface area (Å²) in [5.74, 6) is -2.97. The number of aromatic nitrogens is 1. The topological polar surface area (TPSA) is 88.2 Å². The maximum atomic E-state index is 14.0. The van der Waals surface area contributed by atoms with E-state index in [4.69, 9.17) is 0 Å². The summed E-state index contributed by atoms with van der Waals surface area (Å²) in [6, 6.07) is 3.75. The van der Waals surface area contributed by atoms with Crippen molar-refractivity contribution >= 4 is 27.7 Å². The molecule has 0 spiro atoms. The molecule has 2 rings (SSSR count). The van der Waals surface area contributed by atoms with Crippen molar-refractivity contribution in [3.05, 3.63) is 64.5 Å². The zero-order valence-electron chi connectivity index (χ0n) is 17.1. The molecule has 0 fully saturated rings. The molecule has 0 atom stereocenters. The van der Waals surface area contributed by atoms with E-state index in [-0.39, 0.29) is 24.2 Å². The molecule has 0 aliphatic heterocycles. The average molecular weight is 477 g/mol. The fraction of sp³-hybridized carbons (Fsp3) is 0.300. The number of pyridine rings is 1. The van der Waals surface area contributed by atoms with Gasteiger partial charge in [-0.1, -0.05) is 19.4 Å². The summed E-state index contributed by atoms with van der Waals surface area (Å²) in [5.41, 5.74) is -1.31. The number of halogens is 5. The molecule has 1 aromatic carbocycles. The Labute approximate surface area is 181 Å².